The van der Waals surface area contributed by atoms with E-state index >= 15 is 0 Å². The Kier molecular flexibility index (Phi) is 8.09. The lowest BCUT2D eigenvalue weighted by Gasteiger charge is -2.35. The van der Waals surface area contributed by atoms with Crippen LogP contribution in [-0.4, -0.2) is 63.9 Å². The smallest absolute Gasteiger partial charge is 0.191 e. The fourth-order valence-electron chi connectivity index (χ4n) is 4.53. The topological polar surface area (TPSA) is 58.1 Å². The normalized spacial score (nSPS) is 23.1. The second-order valence-corrected chi connectivity index (χ2v) is 8.30. The van der Waals surface area contributed by atoms with Gasteiger partial charge in [0.05, 0.1) is 25.4 Å². The Hall–Kier alpha value is -2.48. The van der Waals surface area contributed by atoms with Crippen molar-refractivity contribution < 1.29 is 13.9 Å². The molecule has 2 heterocycles. The molecule has 172 valence electrons. The number of morpholine rings is 1. The minimum Gasteiger partial charge on any atom is -0.379 e. The minimum atomic E-state index is -0.216. The molecule has 0 amide bonds. The van der Waals surface area contributed by atoms with Crippen molar-refractivity contribution in [2.24, 2.45) is 10.9 Å². The molecule has 0 saturated carbocycles. The SMILES string of the molecule is CN=C(NCC1CCOC1c1ccccc1)NCC(c1ccc(F)cc1)N1CCOCC1. The Morgan fingerprint density at radius 2 is 1.81 bits per heavy atom. The van der Waals surface area contributed by atoms with Gasteiger partial charge in [0.25, 0.3) is 0 Å². The first-order valence-electron chi connectivity index (χ1n) is 11.4. The Balaban J connectivity index is 1.36. The molecule has 2 saturated heterocycles. The second-order valence-electron chi connectivity index (χ2n) is 8.30. The van der Waals surface area contributed by atoms with Gasteiger partial charge in [-0.3, -0.25) is 9.89 Å². The molecule has 7 heteroatoms. The van der Waals surface area contributed by atoms with Crippen molar-refractivity contribution in [3.05, 3.63) is 71.5 Å². The number of nitrogens with zero attached hydrogens (tertiary/aromatic N) is 2. The van der Waals surface area contributed by atoms with Gasteiger partial charge < -0.3 is 20.1 Å². The summed E-state index contributed by atoms with van der Waals surface area (Å²) < 4.78 is 25.0. The van der Waals surface area contributed by atoms with Crippen LogP contribution in [0.25, 0.3) is 0 Å². The van der Waals surface area contributed by atoms with Crippen LogP contribution in [0.15, 0.2) is 59.6 Å². The van der Waals surface area contributed by atoms with Gasteiger partial charge in [0.2, 0.25) is 0 Å². The lowest BCUT2D eigenvalue weighted by Crippen LogP contribution is -2.47. The van der Waals surface area contributed by atoms with E-state index in [2.05, 4.69) is 44.8 Å². The van der Waals surface area contributed by atoms with Crippen molar-refractivity contribution in [1.29, 1.82) is 0 Å². The summed E-state index contributed by atoms with van der Waals surface area (Å²) in [5.74, 6) is 0.943. The summed E-state index contributed by atoms with van der Waals surface area (Å²) in [6.07, 6.45) is 1.14. The van der Waals surface area contributed by atoms with Crippen LogP contribution in [0.5, 0.6) is 0 Å². The van der Waals surface area contributed by atoms with E-state index < -0.39 is 0 Å². The molecular formula is C25H33FN4O2. The van der Waals surface area contributed by atoms with Gasteiger partial charge >= 0.3 is 0 Å². The Labute approximate surface area is 189 Å². The predicted octanol–water partition coefficient (Wildman–Crippen LogP) is 3.14. The van der Waals surface area contributed by atoms with Gasteiger partial charge in [-0.1, -0.05) is 42.5 Å². The zero-order chi connectivity index (χ0) is 22.2. The summed E-state index contributed by atoms with van der Waals surface area (Å²) in [5, 5.41) is 6.97. The van der Waals surface area contributed by atoms with E-state index in [-0.39, 0.29) is 18.0 Å². The highest BCUT2D eigenvalue weighted by molar-refractivity contribution is 5.79. The molecule has 2 aliphatic heterocycles. The molecule has 0 radical (unpaired) electrons. The van der Waals surface area contributed by atoms with Gasteiger partial charge in [-0.05, 0) is 29.7 Å². The molecule has 3 unspecified atom stereocenters. The number of nitrogens with one attached hydrogen (secondary N) is 2. The van der Waals surface area contributed by atoms with Gasteiger partial charge in [-0.15, -0.1) is 0 Å². The van der Waals surface area contributed by atoms with Gasteiger partial charge in [-0.25, -0.2) is 4.39 Å². The van der Waals surface area contributed by atoms with Crippen LogP contribution in [0.2, 0.25) is 0 Å². The maximum atomic E-state index is 13.5. The highest BCUT2D eigenvalue weighted by atomic mass is 19.1. The zero-order valence-electron chi connectivity index (χ0n) is 18.7. The van der Waals surface area contributed by atoms with Crippen LogP contribution >= 0.6 is 0 Å². The molecule has 2 aromatic rings. The summed E-state index contributed by atoms with van der Waals surface area (Å²) >= 11 is 0. The molecule has 2 fully saturated rings. The van der Waals surface area contributed by atoms with Crippen molar-refractivity contribution >= 4 is 5.96 Å². The van der Waals surface area contributed by atoms with Gasteiger partial charge in [0.1, 0.15) is 5.82 Å². The molecule has 0 spiro atoms. The first-order valence-corrected chi connectivity index (χ1v) is 11.4. The summed E-state index contributed by atoms with van der Waals surface area (Å²) in [5.41, 5.74) is 2.31. The highest BCUT2D eigenvalue weighted by Gasteiger charge is 2.29. The zero-order valence-corrected chi connectivity index (χ0v) is 18.7. The standard InChI is InChI=1S/C25H33FN4O2/c1-27-25(28-17-21-11-14-32-24(21)20-5-3-2-4-6-20)29-18-23(30-12-15-31-16-13-30)19-7-9-22(26)10-8-19/h2-10,21,23-24H,11-18H2,1H3,(H2,27,28,29). The average Bonchev–Trinajstić information content (AvgIpc) is 3.32. The highest BCUT2D eigenvalue weighted by Crippen LogP contribution is 2.33. The lowest BCUT2D eigenvalue weighted by molar-refractivity contribution is 0.0170. The Bertz CT molecular complexity index is 856. The van der Waals surface area contributed by atoms with Crippen molar-refractivity contribution in [2.75, 3.05) is 53.0 Å². The van der Waals surface area contributed by atoms with Crippen LogP contribution in [-0.2, 0) is 9.47 Å². The lowest BCUT2D eigenvalue weighted by atomic mass is 9.95. The quantitative estimate of drug-likeness (QED) is 0.512. The van der Waals surface area contributed by atoms with E-state index in [1.807, 2.05) is 18.2 Å². The molecule has 2 aromatic carbocycles. The van der Waals surface area contributed by atoms with E-state index in [9.17, 15) is 4.39 Å². The molecule has 3 atom stereocenters. The number of rotatable bonds is 7. The number of halogens is 1. The van der Waals surface area contributed by atoms with Gasteiger partial charge in [0.15, 0.2) is 5.96 Å². The molecule has 0 bridgehead atoms. The van der Waals surface area contributed by atoms with Crippen LogP contribution in [0, 0.1) is 11.7 Å². The fourth-order valence-corrected chi connectivity index (χ4v) is 4.53. The molecule has 2 aliphatic rings. The van der Waals surface area contributed by atoms with Crippen LogP contribution in [0.3, 0.4) is 0 Å². The van der Waals surface area contributed by atoms with Crippen molar-refractivity contribution in [3.8, 4) is 0 Å². The number of hydrogen-bond acceptors (Lipinski definition) is 4. The average molecular weight is 441 g/mol. The van der Waals surface area contributed by atoms with Crippen LogP contribution in [0.4, 0.5) is 4.39 Å². The summed E-state index contributed by atoms with van der Waals surface area (Å²) in [6.45, 7) is 5.39. The van der Waals surface area contributed by atoms with Crippen molar-refractivity contribution in [3.63, 3.8) is 0 Å². The van der Waals surface area contributed by atoms with E-state index in [1.54, 1.807) is 7.05 Å². The number of hydrogen-bond donors (Lipinski definition) is 2. The van der Waals surface area contributed by atoms with Crippen LogP contribution in [0.1, 0.15) is 29.7 Å². The number of ether oxygens (including phenoxy) is 2. The monoisotopic (exact) mass is 440 g/mol. The van der Waals surface area contributed by atoms with Crippen molar-refractivity contribution in [2.45, 2.75) is 18.6 Å². The summed E-state index contributed by atoms with van der Waals surface area (Å²) in [7, 11) is 1.79. The fraction of sp³-hybridized carbons (Fsp3) is 0.480. The molecule has 6 nitrogen and oxygen atoms in total. The Morgan fingerprint density at radius 1 is 1.06 bits per heavy atom. The van der Waals surface area contributed by atoms with Crippen molar-refractivity contribution in [1.82, 2.24) is 15.5 Å². The number of guanidine groups is 1. The number of benzene rings is 2. The first-order chi connectivity index (χ1) is 15.7. The maximum Gasteiger partial charge on any atom is 0.191 e. The van der Waals surface area contributed by atoms with E-state index in [4.69, 9.17) is 9.47 Å². The third-order valence-electron chi connectivity index (χ3n) is 6.30. The summed E-state index contributed by atoms with van der Waals surface area (Å²) in [4.78, 5) is 6.80. The predicted molar refractivity (Wildman–Crippen MR) is 124 cm³/mol. The molecule has 4 rings (SSSR count). The van der Waals surface area contributed by atoms with Crippen LogP contribution < -0.4 is 10.6 Å². The largest absolute Gasteiger partial charge is 0.379 e. The van der Waals surface area contributed by atoms with E-state index in [0.29, 0.717) is 25.7 Å². The van der Waals surface area contributed by atoms with Gasteiger partial charge in [-0.2, -0.15) is 0 Å². The van der Waals surface area contributed by atoms with Gasteiger partial charge in [0, 0.05) is 45.8 Å². The third kappa shape index (κ3) is 5.85. The number of aliphatic imine (C=N–C) groups is 1. The molecular weight excluding hydrogens is 407 g/mol. The van der Waals surface area contributed by atoms with E-state index in [0.717, 1.165) is 44.2 Å². The third-order valence-corrected chi connectivity index (χ3v) is 6.30. The maximum absolute atomic E-state index is 13.5. The molecule has 0 aliphatic carbocycles. The van der Waals surface area contributed by atoms with E-state index in [1.165, 1.54) is 17.7 Å². The Morgan fingerprint density at radius 3 is 2.53 bits per heavy atom. The minimum absolute atomic E-state index is 0.113. The first kappa shape index (κ1) is 22.7. The second kappa shape index (κ2) is 11.4. The molecule has 0 aromatic heterocycles. The molecule has 2 N–H and O–H groups in total. The molecule has 32 heavy (non-hydrogen) atoms. The summed E-state index contributed by atoms with van der Waals surface area (Å²) in [6, 6.07) is 17.3.